The van der Waals surface area contributed by atoms with Crippen molar-refractivity contribution in [1.29, 1.82) is 0 Å². The van der Waals surface area contributed by atoms with Crippen LogP contribution in [0.4, 0.5) is 31.8 Å². The standard InChI is InChI=1S/C21H21F2N5/c1-15-3-2-4-17(11-15)27-7-9-28(10-8-27)21-13-20(24-14-25-21)26-16-5-6-18(22)19(23)12-16/h2-6,11-14H,7-10H2,1H3,(H,24,25,26). The Labute approximate surface area is 162 Å². The van der Waals surface area contributed by atoms with E-state index in [1.165, 1.54) is 23.6 Å². The zero-order valence-electron chi connectivity index (χ0n) is 15.6. The quantitative estimate of drug-likeness (QED) is 0.736. The van der Waals surface area contributed by atoms with Gasteiger partial charge in [-0.1, -0.05) is 12.1 Å². The van der Waals surface area contributed by atoms with Crippen LogP contribution in [0.2, 0.25) is 0 Å². The topological polar surface area (TPSA) is 44.3 Å². The highest BCUT2D eigenvalue weighted by atomic mass is 19.2. The molecule has 4 rings (SSSR count). The summed E-state index contributed by atoms with van der Waals surface area (Å²) in [6, 6.07) is 14.0. The molecule has 1 fully saturated rings. The summed E-state index contributed by atoms with van der Waals surface area (Å²) in [5.74, 6) is -0.423. The maximum atomic E-state index is 13.4. The van der Waals surface area contributed by atoms with Gasteiger partial charge >= 0.3 is 0 Å². The zero-order chi connectivity index (χ0) is 19.5. The number of halogens is 2. The number of benzene rings is 2. The molecular weight excluding hydrogens is 360 g/mol. The SMILES string of the molecule is Cc1cccc(N2CCN(c3cc(Nc4ccc(F)c(F)c4)ncn3)CC2)c1. The van der Waals surface area contributed by atoms with E-state index in [0.717, 1.165) is 44.1 Å². The van der Waals surface area contributed by atoms with Gasteiger partial charge in [0.25, 0.3) is 0 Å². The number of hydrogen-bond acceptors (Lipinski definition) is 5. The van der Waals surface area contributed by atoms with Crippen molar-refractivity contribution < 1.29 is 8.78 Å². The normalized spacial score (nSPS) is 14.2. The maximum absolute atomic E-state index is 13.4. The van der Waals surface area contributed by atoms with Gasteiger partial charge in [0.1, 0.15) is 18.0 Å². The van der Waals surface area contributed by atoms with Gasteiger partial charge in [-0.05, 0) is 36.8 Å². The molecular formula is C21H21F2N5. The Balaban J connectivity index is 1.43. The molecule has 2 heterocycles. The van der Waals surface area contributed by atoms with Crippen molar-refractivity contribution in [3.63, 3.8) is 0 Å². The molecule has 7 heteroatoms. The predicted octanol–water partition coefficient (Wildman–Crippen LogP) is 4.13. The highest BCUT2D eigenvalue weighted by Gasteiger charge is 2.19. The zero-order valence-corrected chi connectivity index (χ0v) is 15.6. The van der Waals surface area contributed by atoms with E-state index in [1.54, 1.807) is 0 Å². The molecule has 3 aromatic rings. The van der Waals surface area contributed by atoms with Gasteiger partial charge in [0, 0.05) is 49.7 Å². The molecule has 1 aliphatic rings. The van der Waals surface area contributed by atoms with Crippen molar-refractivity contribution in [3.05, 3.63) is 72.1 Å². The Morgan fingerprint density at radius 3 is 2.39 bits per heavy atom. The Kier molecular flexibility index (Phi) is 5.06. The second kappa shape index (κ2) is 7.80. The van der Waals surface area contributed by atoms with E-state index in [4.69, 9.17) is 0 Å². The number of nitrogens with one attached hydrogen (secondary N) is 1. The average molecular weight is 381 g/mol. The molecule has 0 spiro atoms. The lowest BCUT2D eigenvalue weighted by Crippen LogP contribution is -2.46. The summed E-state index contributed by atoms with van der Waals surface area (Å²) in [6.45, 7) is 5.59. The van der Waals surface area contributed by atoms with E-state index >= 15 is 0 Å². The van der Waals surface area contributed by atoms with Crippen molar-refractivity contribution in [2.24, 2.45) is 0 Å². The van der Waals surface area contributed by atoms with Gasteiger partial charge in [-0.2, -0.15) is 0 Å². The van der Waals surface area contributed by atoms with Gasteiger partial charge < -0.3 is 15.1 Å². The Hall–Kier alpha value is -3.22. The minimum atomic E-state index is -0.897. The average Bonchev–Trinajstić information content (AvgIpc) is 2.71. The van der Waals surface area contributed by atoms with Crippen LogP contribution in [0.25, 0.3) is 0 Å². The summed E-state index contributed by atoms with van der Waals surface area (Å²) in [5.41, 5.74) is 2.93. The number of aryl methyl sites for hydroxylation is 1. The highest BCUT2D eigenvalue weighted by molar-refractivity contribution is 5.60. The van der Waals surface area contributed by atoms with Crippen molar-refractivity contribution in [2.75, 3.05) is 41.3 Å². The number of anilines is 4. The van der Waals surface area contributed by atoms with Crippen LogP contribution in [0.5, 0.6) is 0 Å². The molecule has 0 unspecified atom stereocenters. The van der Waals surface area contributed by atoms with Gasteiger partial charge in [-0.3, -0.25) is 0 Å². The van der Waals surface area contributed by atoms with Crippen LogP contribution in [-0.2, 0) is 0 Å². The van der Waals surface area contributed by atoms with Crippen LogP contribution >= 0.6 is 0 Å². The molecule has 5 nitrogen and oxygen atoms in total. The number of piperazine rings is 1. The lowest BCUT2D eigenvalue weighted by atomic mass is 10.2. The minimum Gasteiger partial charge on any atom is -0.368 e. The second-order valence-corrected chi connectivity index (χ2v) is 6.83. The Morgan fingerprint density at radius 1 is 0.857 bits per heavy atom. The molecule has 0 radical (unpaired) electrons. The molecule has 0 aliphatic carbocycles. The lowest BCUT2D eigenvalue weighted by Gasteiger charge is -2.36. The fraction of sp³-hybridized carbons (Fsp3) is 0.238. The van der Waals surface area contributed by atoms with Crippen LogP contribution < -0.4 is 15.1 Å². The molecule has 1 aromatic heterocycles. The molecule has 1 aliphatic heterocycles. The molecule has 0 bridgehead atoms. The van der Waals surface area contributed by atoms with Crippen LogP contribution in [-0.4, -0.2) is 36.1 Å². The molecule has 1 saturated heterocycles. The molecule has 144 valence electrons. The maximum Gasteiger partial charge on any atom is 0.160 e. The van der Waals surface area contributed by atoms with E-state index in [0.29, 0.717) is 11.5 Å². The van der Waals surface area contributed by atoms with Crippen molar-refractivity contribution in [1.82, 2.24) is 9.97 Å². The van der Waals surface area contributed by atoms with Crippen molar-refractivity contribution in [2.45, 2.75) is 6.92 Å². The monoisotopic (exact) mass is 381 g/mol. The minimum absolute atomic E-state index is 0.438. The summed E-state index contributed by atoms with van der Waals surface area (Å²) in [5, 5.41) is 3.00. The van der Waals surface area contributed by atoms with Gasteiger partial charge in [-0.15, -0.1) is 0 Å². The smallest absolute Gasteiger partial charge is 0.160 e. The fourth-order valence-corrected chi connectivity index (χ4v) is 3.33. The summed E-state index contributed by atoms with van der Waals surface area (Å²) < 4.78 is 26.5. The van der Waals surface area contributed by atoms with Crippen LogP contribution in [0.3, 0.4) is 0 Å². The summed E-state index contributed by atoms with van der Waals surface area (Å²) >= 11 is 0. The van der Waals surface area contributed by atoms with E-state index in [9.17, 15) is 8.78 Å². The van der Waals surface area contributed by atoms with Crippen LogP contribution in [0.15, 0.2) is 54.9 Å². The predicted molar refractivity (Wildman–Crippen MR) is 107 cm³/mol. The van der Waals surface area contributed by atoms with Crippen molar-refractivity contribution >= 4 is 23.0 Å². The second-order valence-electron chi connectivity index (χ2n) is 6.83. The molecule has 2 aromatic carbocycles. The Bertz CT molecular complexity index is 971. The summed E-state index contributed by atoms with van der Waals surface area (Å²) in [4.78, 5) is 13.1. The largest absolute Gasteiger partial charge is 0.368 e. The van der Waals surface area contributed by atoms with Crippen LogP contribution in [0.1, 0.15) is 5.56 Å². The molecule has 0 atom stereocenters. The van der Waals surface area contributed by atoms with Gasteiger partial charge in [0.15, 0.2) is 11.6 Å². The van der Waals surface area contributed by atoms with Gasteiger partial charge in [0.2, 0.25) is 0 Å². The van der Waals surface area contributed by atoms with Gasteiger partial charge in [-0.25, -0.2) is 18.7 Å². The number of rotatable bonds is 4. The first-order chi connectivity index (χ1) is 13.6. The first-order valence-electron chi connectivity index (χ1n) is 9.19. The van der Waals surface area contributed by atoms with Gasteiger partial charge in [0.05, 0.1) is 0 Å². The molecule has 1 N–H and O–H groups in total. The first kappa shape index (κ1) is 18.2. The fourth-order valence-electron chi connectivity index (χ4n) is 3.33. The molecule has 0 saturated carbocycles. The Morgan fingerprint density at radius 2 is 1.64 bits per heavy atom. The van der Waals surface area contributed by atoms with Crippen LogP contribution in [0, 0.1) is 18.6 Å². The highest BCUT2D eigenvalue weighted by Crippen LogP contribution is 2.23. The number of aromatic nitrogens is 2. The van der Waals surface area contributed by atoms with E-state index in [1.807, 2.05) is 6.07 Å². The lowest BCUT2D eigenvalue weighted by molar-refractivity contribution is 0.509. The molecule has 28 heavy (non-hydrogen) atoms. The van der Waals surface area contributed by atoms with E-state index < -0.39 is 11.6 Å². The molecule has 0 amide bonds. The third-order valence-electron chi connectivity index (χ3n) is 4.82. The number of nitrogens with zero attached hydrogens (tertiary/aromatic N) is 4. The summed E-state index contributed by atoms with van der Waals surface area (Å²) in [6.07, 6.45) is 1.48. The summed E-state index contributed by atoms with van der Waals surface area (Å²) in [7, 11) is 0. The number of hydrogen-bond donors (Lipinski definition) is 1. The third kappa shape index (κ3) is 4.03. The third-order valence-corrected chi connectivity index (χ3v) is 4.82. The first-order valence-corrected chi connectivity index (χ1v) is 9.19. The van der Waals surface area contributed by atoms with Crippen molar-refractivity contribution in [3.8, 4) is 0 Å². The van der Waals surface area contributed by atoms with E-state index in [-0.39, 0.29) is 0 Å². The van der Waals surface area contributed by atoms with E-state index in [2.05, 4.69) is 56.3 Å².